The molecule has 0 aliphatic heterocycles. The van der Waals surface area contributed by atoms with Crippen molar-refractivity contribution in [2.45, 2.75) is 11.8 Å². The van der Waals surface area contributed by atoms with E-state index >= 15 is 0 Å². The highest BCUT2D eigenvalue weighted by atomic mass is 79.9. The SMILES string of the molecule is COCCS(=O)(=O)N(C)CC(C)Br. The first-order valence-electron chi connectivity index (χ1n) is 3.97. The first-order chi connectivity index (χ1) is 5.90. The van der Waals surface area contributed by atoms with Crippen LogP contribution in [0.1, 0.15) is 6.92 Å². The zero-order valence-electron chi connectivity index (χ0n) is 8.16. The Hall–Kier alpha value is 0.350. The molecule has 80 valence electrons. The largest absolute Gasteiger partial charge is 0.384 e. The summed E-state index contributed by atoms with van der Waals surface area (Å²) in [7, 11) is -0.0783. The Bertz CT molecular complexity index is 228. The van der Waals surface area contributed by atoms with Crippen molar-refractivity contribution in [3.8, 4) is 0 Å². The number of hydrogen-bond acceptors (Lipinski definition) is 3. The third-order valence-corrected chi connectivity index (χ3v) is 3.60. The molecule has 0 radical (unpaired) electrons. The molecule has 0 fully saturated rings. The van der Waals surface area contributed by atoms with Gasteiger partial charge in [-0.1, -0.05) is 22.9 Å². The summed E-state index contributed by atoms with van der Waals surface area (Å²) in [5.41, 5.74) is 0. The molecule has 4 nitrogen and oxygen atoms in total. The molecular weight excluding hydrogens is 258 g/mol. The molecule has 0 amide bonds. The quantitative estimate of drug-likeness (QED) is 0.669. The fourth-order valence-electron chi connectivity index (χ4n) is 0.812. The van der Waals surface area contributed by atoms with E-state index in [-0.39, 0.29) is 17.2 Å². The van der Waals surface area contributed by atoms with Crippen LogP contribution in [0.5, 0.6) is 0 Å². The number of methoxy groups -OCH3 is 1. The number of halogens is 1. The summed E-state index contributed by atoms with van der Waals surface area (Å²) >= 11 is 3.30. The molecule has 0 aliphatic rings. The number of alkyl halides is 1. The number of ether oxygens (including phenoxy) is 1. The lowest BCUT2D eigenvalue weighted by atomic mass is 10.5. The normalized spacial score (nSPS) is 14.8. The van der Waals surface area contributed by atoms with Crippen LogP contribution < -0.4 is 0 Å². The lowest BCUT2D eigenvalue weighted by molar-refractivity contribution is 0.216. The minimum Gasteiger partial charge on any atom is -0.384 e. The van der Waals surface area contributed by atoms with Crippen LogP contribution >= 0.6 is 15.9 Å². The molecule has 0 bridgehead atoms. The molecule has 6 heteroatoms. The third-order valence-electron chi connectivity index (χ3n) is 1.53. The molecular formula is C7H16BrNO3S. The number of nitrogens with zero attached hydrogens (tertiary/aromatic N) is 1. The molecule has 0 N–H and O–H groups in total. The van der Waals surface area contributed by atoms with Crippen LogP contribution in [0.15, 0.2) is 0 Å². The summed E-state index contributed by atoms with van der Waals surface area (Å²) in [5.74, 6) is 0.0414. The summed E-state index contributed by atoms with van der Waals surface area (Å²) in [4.78, 5) is 0.162. The van der Waals surface area contributed by atoms with E-state index < -0.39 is 10.0 Å². The average molecular weight is 274 g/mol. The highest BCUT2D eigenvalue weighted by Crippen LogP contribution is 2.04. The van der Waals surface area contributed by atoms with Gasteiger partial charge in [0.15, 0.2) is 0 Å². The van der Waals surface area contributed by atoms with E-state index in [1.165, 1.54) is 11.4 Å². The number of rotatable bonds is 6. The lowest BCUT2D eigenvalue weighted by Crippen LogP contribution is -2.34. The zero-order chi connectivity index (χ0) is 10.5. The molecule has 0 rings (SSSR count). The van der Waals surface area contributed by atoms with Crippen LogP contribution in [0.4, 0.5) is 0 Å². The van der Waals surface area contributed by atoms with Crippen LogP contribution in [0.2, 0.25) is 0 Å². The van der Waals surface area contributed by atoms with Gasteiger partial charge >= 0.3 is 0 Å². The van der Waals surface area contributed by atoms with E-state index in [0.29, 0.717) is 6.54 Å². The van der Waals surface area contributed by atoms with E-state index in [1.54, 1.807) is 7.05 Å². The molecule has 13 heavy (non-hydrogen) atoms. The first kappa shape index (κ1) is 13.4. The van der Waals surface area contributed by atoms with Gasteiger partial charge in [0.25, 0.3) is 0 Å². The molecule has 0 aromatic rings. The van der Waals surface area contributed by atoms with Gasteiger partial charge in [0.2, 0.25) is 10.0 Å². The second kappa shape index (κ2) is 5.95. The Morgan fingerprint density at radius 1 is 1.54 bits per heavy atom. The Balaban J connectivity index is 4.12. The van der Waals surface area contributed by atoms with Crippen LogP contribution in [0, 0.1) is 0 Å². The molecule has 0 aromatic heterocycles. The maximum absolute atomic E-state index is 11.4. The van der Waals surface area contributed by atoms with Crippen molar-refractivity contribution in [1.29, 1.82) is 0 Å². The highest BCUT2D eigenvalue weighted by molar-refractivity contribution is 9.09. The monoisotopic (exact) mass is 273 g/mol. The molecule has 0 aliphatic carbocycles. The van der Waals surface area contributed by atoms with Crippen LogP contribution in [0.3, 0.4) is 0 Å². The summed E-state index contributed by atoms with van der Waals surface area (Å²) < 4.78 is 29.0. The van der Waals surface area contributed by atoms with Crippen molar-refractivity contribution in [2.75, 3.05) is 33.1 Å². The van der Waals surface area contributed by atoms with Gasteiger partial charge in [-0.15, -0.1) is 0 Å². The second-order valence-electron chi connectivity index (χ2n) is 2.87. The van der Waals surface area contributed by atoms with Gasteiger partial charge < -0.3 is 4.74 Å². The standard InChI is InChI=1S/C7H16BrNO3S/c1-7(8)6-9(2)13(10,11)5-4-12-3/h7H,4-6H2,1-3H3. The van der Waals surface area contributed by atoms with Crippen LogP contribution in [-0.4, -0.2) is 50.6 Å². The lowest BCUT2D eigenvalue weighted by Gasteiger charge is -2.17. The molecule has 0 spiro atoms. The molecule has 0 aromatic carbocycles. The van der Waals surface area contributed by atoms with Gasteiger partial charge in [0.05, 0.1) is 12.4 Å². The Labute approximate surface area is 88.4 Å². The maximum atomic E-state index is 11.4. The summed E-state index contributed by atoms with van der Waals surface area (Å²) in [6.07, 6.45) is 0. The predicted octanol–water partition coefficient (Wildman–Crippen LogP) is 0.678. The van der Waals surface area contributed by atoms with Crippen molar-refractivity contribution in [2.24, 2.45) is 0 Å². The van der Waals surface area contributed by atoms with E-state index in [9.17, 15) is 8.42 Å². The van der Waals surface area contributed by atoms with Crippen molar-refractivity contribution in [1.82, 2.24) is 4.31 Å². The molecule has 0 heterocycles. The molecule has 0 saturated carbocycles. The fourth-order valence-corrected chi connectivity index (χ4v) is 2.58. The highest BCUT2D eigenvalue weighted by Gasteiger charge is 2.18. The Morgan fingerprint density at radius 3 is 2.46 bits per heavy atom. The van der Waals surface area contributed by atoms with Crippen LogP contribution in [-0.2, 0) is 14.8 Å². The first-order valence-corrected chi connectivity index (χ1v) is 6.49. The molecule has 1 unspecified atom stereocenters. The Morgan fingerprint density at radius 2 is 2.08 bits per heavy atom. The zero-order valence-corrected chi connectivity index (χ0v) is 10.6. The average Bonchev–Trinajstić information content (AvgIpc) is 1.99. The van der Waals surface area contributed by atoms with E-state index in [2.05, 4.69) is 15.9 Å². The van der Waals surface area contributed by atoms with Gasteiger partial charge in [0, 0.05) is 25.5 Å². The van der Waals surface area contributed by atoms with Gasteiger partial charge in [0.1, 0.15) is 0 Å². The van der Waals surface area contributed by atoms with Gasteiger partial charge in [-0.25, -0.2) is 12.7 Å². The van der Waals surface area contributed by atoms with E-state index in [4.69, 9.17) is 4.74 Å². The van der Waals surface area contributed by atoms with Crippen molar-refractivity contribution < 1.29 is 13.2 Å². The van der Waals surface area contributed by atoms with Gasteiger partial charge in [-0.3, -0.25) is 0 Å². The van der Waals surface area contributed by atoms with Crippen molar-refractivity contribution in [3.63, 3.8) is 0 Å². The smallest absolute Gasteiger partial charge is 0.216 e. The van der Waals surface area contributed by atoms with Gasteiger partial charge in [-0.2, -0.15) is 0 Å². The van der Waals surface area contributed by atoms with Crippen molar-refractivity contribution >= 4 is 26.0 Å². The minimum absolute atomic E-state index is 0.0414. The van der Waals surface area contributed by atoms with Crippen LogP contribution in [0.25, 0.3) is 0 Å². The molecule has 1 atom stereocenters. The summed E-state index contributed by atoms with van der Waals surface area (Å²) in [6.45, 7) is 2.62. The number of hydrogen-bond donors (Lipinski definition) is 0. The minimum atomic E-state index is -3.14. The van der Waals surface area contributed by atoms with Gasteiger partial charge in [-0.05, 0) is 0 Å². The second-order valence-corrected chi connectivity index (χ2v) is 6.63. The third kappa shape index (κ3) is 5.61. The summed E-state index contributed by atoms with van der Waals surface area (Å²) in [6, 6.07) is 0. The Kier molecular flexibility index (Phi) is 6.11. The van der Waals surface area contributed by atoms with E-state index in [1.807, 2.05) is 6.92 Å². The molecule has 0 saturated heterocycles. The predicted molar refractivity (Wildman–Crippen MR) is 56.7 cm³/mol. The van der Waals surface area contributed by atoms with Crippen molar-refractivity contribution in [3.05, 3.63) is 0 Å². The maximum Gasteiger partial charge on any atom is 0.216 e. The summed E-state index contributed by atoms with van der Waals surface area (Å²) in [5, 5.41) is 0. The topological polar surface area (TPSA) is 46.6 Å². The van der Waals surface area contributed by atoms with E-state index in [0.717, 1.165) is 0 Å². The fraction of sp³-hybridized carbons (Fsp3) is 1.00. The number of sulfonamides is 1.